The highest BCUT2D eigenvalue weighted by molar-refractivity contribution is 7.92. The van der Waals surface area contributed by atoms with Crippen LogP contribution in [0.2, 0.25) is 0 Å². The molecule has 0 saturated carbocycles. The number of sulfone groups is 1. The minimum Gasteiger partial charge on any atom is -0.461 e. The summed E-state index contributed by atoms with van der Waals surface area (Å²) in [6.07, 6.45) is -2.52. The average Bonchev–Trinajstić information content (AvgIpc) is 3.20. The number of hydrogen-bond acceptors (Lipinski definition) is 9. The molecule has 5 atom stereocenters. The first-order chi connectivity index (χ1) is 13.8. The number of esters is 1. The van der Waals surface area contributed by atoms with Crippen LogP contribution in [0.25, 0.3) is 0 Å². The Hall–Kier alpha value is -2.43. The predicted molar refractivity (Wildman–Crippen MR) is 99.4 cm³/mol. The van der Waals surface area contributed by atoms with E-state index in [0.29, 0.717) is 0 Å². The van der Waals surface area contributed by atoms with Crippen molar-refractivity contribution in [3.05, 3.63) is 48.6 Å². The van der Waals surface area contributed by atoms with Crippen LogP contribution in [0, 0.1) is 0 Å². The van der Waals surface area contributed by atoms with Crippen LogP contribution >= 0.6 is 0 Å². The predicted octanol–water partition coefficient (Wildman–Crippen LogP) is 1.36. The normalized spacial score (nSPS) is 26.9. The van der Waals surface area contributed by atoms with Crippen molar-refractivity contribution in [3.8, 4) is 0 Å². The van der Waals surface area contributed by atoms with Crippen LogP contribution in [0.1, 0.15) is 12.0 Å². The molecule has 1 aromatic carbocycles. The van der Waals surface area contributed by atoms with E-state index in [1.807, 2.05) is 30.3 Å². The molecule has 2 heterocycles. The molecule has 158 valence electrons. The molecule has 1 unspecified atom stereocenters. The Kier molecular flexibility index (Phi) is 6.56. The van der Waals surface area contributed by atoms with E-state index in [0.717, 1.165) is 11.8 Å². The maximum atomic E-state index is 12.2. The van der Waals surface area contributed by atoms with E-state index in [-0.39, 0.29) is 19.6 Å². The first-order valence-corrected chi connectivity index (χ1v) is 10.9. The van der Waals surface area contributed by atoms with Crippen molar-refractivity contribution in [2.24, 2.45) is 0 Å². The lowest BCUT2D eigenvalue weighted by molar-refractivity contribution is -0.175. The standard InChI is InChI=1S/C19H22O9S/c1-3-9-24-17(20)14(29(2,22)23)10-13-15-16(28-19(21)27-15)18(26-13)25-11-12-7-5-4-6-8-12/h3-8,13-16,18H,1,9-11H2,2H3/t13-,14?,15-,16-,18-/m1/s1. The van der Waals surface area contributed by atoms with Gasteiger partial charge in [0, 0.05) is 12.7 Å². The lowest BCUT2D eigenvalue weighted by atomic mass is 10.1. The summed E-state index contributed by atoms with van der Waals surface area (Å²) >= 11 is 0. The van der Waals surface area contributed by atoms with Gasteiger partial charge in [0.25, 0.3) is 0 Å². The van der Waals surface area contributed by atoms with Gasteiger partial charge in [0.1, 0.15) is 12.7 Å². The summed E-state index contributed by atoms with van der Waals surface area (Å²) in [6, 6.07) is 9.28. The van der Waals surface area contributed by atoms with E-state index in [4.69, 9.17) is 23.7 Å². The molecule has 0 aliphatic carbocycles. The maximum Gasteiger partial charge on any atom is 0.509 e. The second-order valence-corrected chi connectivity index (χ2v) is 8.96. The van der Waals surface area contributed by atoms with Gasteiger partial charge in [0.2, 0.25) is 0 Å². The van der Waals surface area contributed by atoms with Crippen LogP contribution in [0.5, 0.6) is 0 Å². The fourth-order valence-electron chi connectivity index (χ4n) is 3.18. The second-order valence-electron chi connectivity index (χ2n) is 6.73. The van der Waals surface area contributed by atoms with Crippen LogP contribution in [-0.4, -0.2) is 63.3 Å². The summed E-state index contributed by atoms with van der Waals surface area (Å²) in [5, 5.41) is -1.49. The highest BCUT2D eigenvalue weighted by Gasteiger charge is 2.56. The summed E-state index contributed by atoms with van der Waals surface area (Å²) < 4.78 is 50.9. The van der Waals surface area contributed by atoms with E-state index < -0.39 is 51.8 Å². The quantitative estimate of drug-likeness (QED) is 0.426. The van der Waals surface area contributed by atoms with Gasteiger partial charge in [-0.3, -0.25) is 4.79 Å². The van der Waals surface area contributed by atoms with E-state index in [1.54, 1.807) is 0 Å². The molecule has 0 aromatic heterocycles. The van der Waals surface area contributed by atoms with Gasteiger partial charge in [-0.2, -0.15) is 0 Å². The van der Waals surface area contributed by atoms with Gasteiger partial charge in [-0.15, -0.1) is 0 Å². The summed E-state index contributed by atoms with van der Waals surface area (Å²) in [7, 11) is -3.81. The van der Waals surface area contributed by atoms with Crippen molar-refractivity contribution < 1.29 is 41.7 Å². The highest BCUT2D eigenvalue weighted by atomic mass is 32.2. The Morgan fingerprint density at radius 1 is 1.24 bits per heavy atom. The van der Waals surface area contributed by atoms with Gasteiger partial charge in [-0.05, 0) is 5.56 Å². The molecule has 29 heavy (non-hydrogen) atoms. The largest absolute Gasteiger partial charge is 0.509 e. The molecule has 2 fully saturated rings. The van der Waals surface area contributed by atoms with Gasteiger partial charge < -0.3 is 23.7 Å². The molecule has 10 heteroatoms. The number of carbonyl (C=O) groups excluding carboxylic acids is 2. The third kappa shape index (κ3) is 5.14. The summed E-state index contributed by atoms with van der Waals surface area (Å²) in [5.41, 5.74) is 0.878. The van der Waals surface area contributed by atoms with Gasteiger partial charge in [0.05, 0.1) is 6.61 Å². The molecule has 0 radical (unpaired) electrons. The highest BCUT2D eigenvalue weighted by Crippen LogP contribution is 2.35. The Morgan fingerprint density at radius 2 is 1.93 bits per heavy atom. The van der Waals surface area contributed by atoms with E-state index >= 15 is 0 Å². The molecule has 2 aliphatic heterocycles. The Balaban J connectivity index is 1.71. The molecule has 2 aliphatic rings. The zero-order valence-corrected chi connectivity index (χ0v) is 16.6. The number of fused-ring (bicyclic) bond motifs is 1. The second kappa shape index (κ2) is 8.93. The Labute approximate surface area is 168 Å². The molecule has 3 rings (SSSR count). The Bertz CT molecular complexity index is 852. The molecule has 0 N–H and O–H groups in total. The van der Waals surface area contributed by atoms with Crippen LogP contribution in [0.15, 0.2) is 43.0 Å². The van der Waals surface area contributed by atoms with Crippen molar-refractivity contribution in [3.63, 3.8) is 0 Å². The van der Waals surface area contributed by atoms with Crippen molar-refractivity contribution in [1.82, 2.24) is 0 Å². The van der Waals surface area contributed by atoms with E-state index in [9.17, 15) is 18.0 Å². The van der Waals surface area contributed by atoms with Crippen LogP contribution in [0.3, 0.4) is 0 Å². The van der Waals surface area contributed by atoms with Crippen molar-refractivity contribution >= 4 is 22.0 Å². The number of carbonyl (C=O) groups is 2. The van der Waals surface area contributed by atoms with Gasteiger partial charge >= 0.3 is 12.1 Å². The van der Waals surface area contributed by atoms with Crippen LogP contribution in [0.4, 0.5) is 4.79 Å². The summed E-state index contributed by atoms with van der Waals surface area (Å²) in [5.74, 6) is -0.925. The lowest BCUT2D eigenvalue weighted by Gasteiger charge is -2.20. The van der Waals surface area contributed by atoms with Crippen LogP contribution in [-0.2, 0) is 44.9 Å². The third-order valence-corrected chi connectivity index (χ3v) is 5.98. The van der Waals surface area contributed by atoms with Crippen molar-refractivity contribution in [2.75, 3.05) is 12.9 Å². The minimum absolute atomic E-state index is 0.122. The SMILES string of the molecule is C=CCOC(=O)C(C[C@H]1O[C@@H](OCc2ccccc2)[C@@H]2OC(=O)O[C@@H]21)S(C)(=O)=O. The number of benzene rings is 1. The van der Waals surface area contributed by atoms with Gasteiger partial charge in [-0.1, -0.05) is 43.0 Å². The topological polar surface area (TPSA) is 114 Å². The van der Waals surface area contributed by atoms with Crippen molar-refractivity contribution in [2.45, 2.75) is 42.9 Å². The molecule has 1 aromatic rings. The maximum absolute atomic E-state index is 12.2. The first-order valence-electron chi connectivity index (χ1n) is 8.94. The molecule has 0 amide bonds. The fraction of sp³-hybridized carbons (Fsp3) is 0.474. The first kappa shape index (κ1) is 21.3. The number of rotatable bonds is 9. The lowest BCUT2D eigenvalue weighted by Crippen LogP contribution is -2.38. The minimum atomic E-state index is -3.81. The average molecular weight is 426 g/mol. The molecular weight excluding hydrogens is 404 g/mol. The van der Waals surface area contributed by atoms with Crippen LogP contribution < -0.4 is 0 Å². The molecule has 9 nitrogen and oxygen atoms in total. The van der Waals surface area contributed by atoms with E-state index in [1.165, 1.54) is 6.08 Å². The van der Waals surface area contributed by atoms with E-state index in [2.05, 4.69) is 6.58 Å². The smallest absolute Gasteiger partial charge is 0.461 e. The van der Waals surface area contributed by atoms with Gasteiger partial charge in [-0.25, -0.2) is 13.2 Å². The zero-order valence-electron chi connectivity index (χ0n) is 15.8. The van der Waals surface area contributed by atoms with Crippen molar-refractivity contribution in [1.29, 1.82) is 0 Å². The molecule has 2 saturated heterocycles. The molecule has 0 bridgehead atoms. The molecular formula is C19H22O9S. The summed E-state index contributed by atoms with van der Waals surface area (Å²) in [4.78, 5) is 23.8. The molecule has 0 spiro atoms. The van der Waals surface area contributed by atoms with Gasteiger partial charge in [0.15, 0.2) is 33.6 Å². The third-order valence-electron chi connectivity index (χ3n) is 4.56. The number of ether oxygens (including phenoxy) is 5. The monoisotopic (exact) mass is 426 g/mol. The zero-order chi connectivity index (χ0) is 21.0. The fourth-order valence-corrected chi connectivity index (χ4v) is 4.13. The number of hydrogen-bond donors (Lipinski definition) is 0. The summed E-state index contributed by atoms with van der Waals surface area (Å²) in [6.45, 7) is 3.49. The Morgan fingerprint density at radius 3 is 2.59 bits per heavy atom.